The van der Waals surface area contributed by atoms with Crippen LogP contribution in [-0.2, 0) is 29.3 Å². The van der Waals surface area contributed by atoms with E-state index in [-0.39, 0.29) is 59.1 Å². The molecular formula is C8H10Na2O11S. The number of carboxylic acid groups (broad SMARTS) is 4. The monoisotopic (exact) mass is 360 g/mol. The zero-order valence-electron chi connectivity index (χ0n) is 11.7. The van der Waals surface area contributed by atoms with Gasteiger partial charge in [-0.2, -0.15) is 8.42 Å². The molecule has 0 aliphatic heterocycles. The van der Waals surface area contributed by atoms with Gasteiger partial charge in [0.15, 0.2) is 5.25 Å². The predicted octanol–water partition coefficient (Wildman–Crippen LogP) is -9.92. The number of carbonyl (C=O) groups is 4. The summed E-state index contributed by atoms with van der Waals surface area (Å²) in [5.74, 6) is -6.23. The Morgan fingerprint density at radius 2 is 1.23 bits per heavy atom. The Balaban J connectivity index is -0.000000144. The molecule has 0 saturated heterocycles. The van der Waals surface area contributed by atoms with Gasteiger partial charge in [-0.15, -0.1) is 0 Å². The Labute approximate surface area is 169 Å². The van der Waals surface area contributed by atoms with Crippen molar-refractivity contribution in [2.75, 3.05) is 0 Å². The smallest absolute Gasteiger partial charge is 0.550 e. The van der Waals surface area contributed by atoms with Crippen LogP contribution in [0.25, 0.3) is 0 Å². The third-order valence-electron chi connectivity index (χ3n) is 1.53. The molecule has 0 radical (unpaired) electrons. The predicted molar refractivity (Wildman–Crippen MR) is 54.5 cm³/mol. The van der Waals surface area contributed by atoms with E-state index in [9.17, 15) is 37.8 Å². The number of carbonyl (C=O) groups excluding carboxylic acids is 2. The minimum atomic E-state index is -4.84. The first-order valence-electron chi connectivity index (χ1n) is 4.68. The largest absolute Gasteiger partial charge is 1.00 e. The SMILES string of the molecule is O=C(O)CC(C(=O)O)S(=O)(=O)O.O=C([O-])CCC(=O)[O-].[Na+].[Na+]. The van der Waals surface area contributed by atoms with Gasteiger partial charge >= 0.3 is 71.1 Å². The molecule has 0 bridgehead atoms. The first kappa shape index (κ1) is 29.8. The molecule has 11 nitrogen and oxygen atoms in total. The molecule has 0 aliphatic carbocycles. The molecule has 14 heteroatoms. The van der Waals surface area contributed by atoms with E-state index < -0.39 is 58.5 Å². The van der Waals surface area contributed by atoms with Crippen LogP contribution in [0.5, 0.6) is 0 Å². The van der Waals surface area contributed by atoms with E-state index in [1.165, 1.54) is 0 Å². The van der Waals surface area contributed by atoms with Crippen molar-refractivity contribution in [3.8, 4) is 0 Å². The average Bonchev–Trinajstić information content (AvgIpc) is 2.22. The fourth-order valence-electron chi connectivity index (χ4n) is 0.683. The zero-order chi connectivity index (χ0) is 16.5. The summed E-state index contributed by atoms with van der Waals surface area (Å²) in [6, 6.07) is 0. The van der Waals surface area contributed by atoms with E-state index in [1.807, 2.05) is 0 Å². The Morgan fingerprint density at radius 1 is 0.909 bits per heavy atom. The van der Waals surface area contributed by atoms with Gasteiger partial charge in [0, 0.05) is 11.9 Å². The van der Waals surface area contributed by atoms with Gasteiger partial charge < -0.3 is 30.0 Å². The topological polar surface area (TPSA) is 209 Å². The minimum absolute atomic E-state index is 0. The van der Waals surface area contributed by atoms with Gasteiger partial charge in [-0.25, -0.2) is 0 Å². The Hall–Kier alpha value is -0.210. The third kappa shape index (κ3) is 19.8. The Bertz CT molecular complexity index is 472. The van der Waals surface area contributed by atoms with Gasteiger partial charge in [-0.3, -0.25) is 14.1 Å². The molecule has 0 fully saturated rings. The third-order valence-corrected chi connectivity index (χ3v) is 2.62. The summed E-state index contributed by atoms with van der Waals surface area (Å²) in [6.45, 7) is 0. The van der Waals surface area contributed by atoms with Gasteiger partial charge in [0.1, 0.15) is 0 Å². The van der Waals surface area contributed by atoms with Crippen molar-refractivity contribution in [1.82, 2.24) is 0 Å². The van der Waals surface area contributed by atoms with Crippen LogP contribution in [0, 0.1) is 0 Å². The summed E-state index contributed by atoms with van der Waals surface area (Å²) in [6.07, 6.45) is -2.10. The maximum Gasteiger partial charge on any atom is 1.00 e. The van der Waals surface area contributed by atoms with E-state index in [0.717, 1.165) is 0 Å². The van der Waals surface area contributed by atoms with E-state index in [4.69, 9.17) is 14.8 Å². The van der Waals surface area contributed by atoms with Gasteiger partial charge in [-0.05, 0) is 12.8 Å². The molecule has 0 aliphatic rings. The number of hydrogen-bond donors (Lipinski definition) is 3. The zero-order valence-corrected chi connectivity index (χ0v) is 16.5. The standard InChI is InChI=1S/C4H6O7S.C4H6O4.2Na/c5-3(6)1-2(4(7)8)12(9,10)11;5-3(6)1-2-4(7)8;;/h2H,1H2,(H,5,6)(H,7,8)(H,9,10,11);1-2H2,(H,5,6)(H,7,8);;/q;;2*+1/p-2. The van der Waals surface area contributed by atoms with Crippen molar-refractivity contribution in [3.63, 3.8) is 0 Å². The fourth-order valence-corrected chi connectivity index (χ4v) is 1.29. The molecule has 0 spiro atoms. The summed E-state index contributed by atoms with van der Waals surface area (Å²) >= 11 is 0. The van der Waals surface area contributed by atoms with Crippen molar-refractivity contribution in [3.05, 3.63) is 0 Å². The van der Waals surface area contributed by atoms with Crippen molar-refractivity contribution >= 4 is 34.0 Å². The maximum absolute atomic E-state index is 10.2. The second kappa shape index (κ2) is 14.4. The normalized spacial score (nSPS) is 10.6. The van der Waals surface area contributed by atoms with Crippen molar-refractivity contribution in [2.45, 2.75) is 24.5 Å². The molecule has 0 aromatic heterocycles. The van der Waals surface area contributed by atoms with Crippen molar-refractivity contribution < 1.29 is 112 Å². The van der Waals surface area contributed by atoms with Crippen LogP contribution < -0.4 is 69.3 Å². The van der Waals surface area contributed by atoms with E-state index in [2.05, 4.69) is 0 Å². The Kier molecular flexibility index (Phi) is 19.5. The molecule has 3 N–H and O–H groups in total. The van der Waals surface area contributed by atoms with Crippen LogP contribution >= 0.6 is 0 Å². The molecule has 0 saturated carbocycles. The van der Waals surface area contributed by atoms with Crippen molar-refractivity contribution in [1.29, 1.82) is 0 Å². The van der Waals surface area contributed by atoms with Crippen LogP contribution in [0.3, 0.4) is 0 Å². The summed E-state index contributed by atoms with van der Waals surface area (Å²) in [4.78, 5) is 39.0. The number of rotatable bonds is 7. The summed E-state index contributed by atoms with van der Waals surface area (Å²) in [5.41, 5.74) is 0. The summed E-state index contributed by atoms with van der Waals surface area (Å²) in [7, 11) is -4.84. The summed E-state index contributed by atoms with van der Waals surface area (Å²) in [5, 5.41) is 32.9. The molecule has 0 aromatic carbocycles. The summed E-state index contributed by atoms with van der Waals surface area (Å²) < 4.78 is 28.7. The van der Waals surface area contributed by atoms with Crippen LogP contribution in [0.1, 0.15) is 19.3 Å². The van der Waals surface area contributed by atoms with Gasteiger partial charge in [-0.1, -0.05) is 0 Å². The number of aliphatic carboxylic acids is 4. The van der Waals surface area contributed by atoms with E-state index in [0.29, 0.717) is 0 Å². The quantitative estimate of drug-likeness (QED) is 0.286. The molecule has 1 unspecified atom stereocenters. The maximum atomic E-state index is 10.2. The minimum Gasteiger partial charge on any atom is -0.550 e. The van der Waals surface area contributed by atoms with Crippen LogP contribution in [0.15, 0.2) is 0 Å². The van der Waals surface area contributed by atoms with Crippen LogP contribution in [0.2, 0.25) is 0 Å². The molecule has 116 valence electrons. The number of carboxylic acids is 4. The molecule has 0 aromatic rings. The second-order valence-electron chi connectivity index (χ2n) is 3.18. The average molecular weight is 360 g/mol. The first-order valence-corrected chi connectivity index (χ1v) is 6.18. The Morgan fingerprint density at radius 3 is 1.32 bits per heavy atom. The van der Waals surface area contributed by atoms with Crippen molar-refractivity contribution in [2.24, 2.45) is 0 Å². The molecule has 0 amide bonds. The van der Waals surface area contributed by atoms with Crippen LogP contribution in [-0.4, -0.2) is 52.3 Å². The first-order chi connectivity index (χ1) is 8.87. The molecule has 22 heavy (non-hydrogen) atoms. The molecule has 0 rings (SSSR count). The van der Waals surface area contributed by atoms with E-state index >= 15 is 0 Å². The molecular weight excluding hydrogens is 350 g/mol. The van der Waals surface area contributed by atoms with E-state index in [1.54, 1.807) is 0 Å². The molecule has 1 atom stereocenters. The molecule has 0 heterocycles. The van der Waals surface area contributed by atoms with Gasteiger partial charge in [0.05, 0.1) is 6.42 Å². The van der Waals surface area contributed by atoms with Crippen LogP contribution in [0.4, 0.5) is 0 Å². The van der Waals surface area contributed by atoms with Gasteiger partial charge in [0.25, 0.3) is 10.1 Å². The second-order valence-corrected chi connectivity index (χ2v) is 4.78. The van der Waals surface area contributed by atoms with Gasteiger partial charge in [0.2, 0.25) is 0 Å². The fraction of sp³-hybridized carbons (Fsp3) is 0.500. The number of hydrogen-bond acceptors (Lipinski definition) is 8.